The largest absolute Gasteiger partial charge is 0.353 e. The van der Waals surface area contributed by atoms with E-state index in [0.717, 1.165) is 12.8 Å². The van der Waals surface area contributed by atoms with Crippen LogP contribution in [0, 0.1) is 0 Å². The normalized spacial score (nSPS) is 15.0. The predicted molar refractivity (Wildman–Crippen MR) is 73.4 cm³/mol. The Bertz CT molecular complexity index is 378. The lowest BCUT2D eigenvalue weighted by Crippen LogP contribution is -2.32. The summed E-state index contributed by atoms with van der Waals surface area (Å²) in [5.41, 5.74) is 2.91. The lowest BCUT2D eigenvalue weighted by Gasteiger charge is -2.11. The molecule has 1 aromatic rings. The molecule has 3 heteroatoms. The van der Waals surface area contributed by atoms with Gasteiger partial charge in [-0.15, -0.1) is 11.8 Å². The van der Waals surface area contributed by atoms with Gasteiger partial charge in [-0.25, -0.2) is 0 Å². The molecule has 0 atom stereocenters. The van der Waals surface area contributed by atoms with Crippen molar-refractivity contribution in [2.75, 3.05) is 5.75 Å². The van der Waals surface area contributed by atoms with Crippen LogP contribution in [-0.4, -0.2) is 23.0 Å². The van der Waals surface area contributed by atoms with Gasteiger partial charge in [0.1, 0.15) is 0 Å². The molecule has 0 fully saturated rings. The number of amides is 1. The topological polar surface area (TPSA) is 29.1 Å². The third-order valence-electron chi connectivity index (χ3n) is 2.91. The molecule has 0 unspecified atom stereocenters. The van der Waals surface area contributed by atoms with E-state index in [1.807, 2.05) is 13.8 Å². The average molecular weight is 249 g/mol. The Morgan fingerprint density at radius 3 is 2.47 bits per heavy atom. The van der Waals surface area contributed by atoms with Crippen molar-refractivity contribution in [2.24, 2.45) is 0 Å². The fourth-order valence-corrected chi connectivity index (χ4v) is 3.26. The summed E-state index contributed by atoms with van der Waals surface area (Å²) in [6, 6.07) is 8.83. The molecule has 0 spiro atoms. The minimum atomic E-state index is 0.154. The number of benzene rings is 1. The van der Waals surface area contributed by atoms with Gasteiger partial charge in [0.2, 0.25) is 5.91 Å². The smallest absolute Gasteiger partial charge is 0.230 e. The van der Waals surface area contributed by atoms with Gasteiger partial charge < -0.3 is 5.32 Å². The fraction of sp³-hybridized carbons (Fsp3) is 0.500. The fourth-order valence-electron chi connectivity index (χ4n) is 2.19. The highest BCUT2D eigenvalue weighted by atomic mass is 32.2. The van der Waals surface area contributed by atoms with Gasteiger partial charge in [-0.05, 0) is 37.8 Å². The molecule has 0 saturated heterocycles. The summed E-state index contributed by atoms with van der Waals surface area (Å²) in [6.45, 7) is 3.99. The molecular formula is C14H19NOS. The van der Waals surface area contributed by atoms with E-state index in [0.29, 0.717) is 11.0 Å². The molecule has 2 rings (SSSR count). The molecular weight excluding hydrogens is 230 g/mol. The van der Waals surface area contributed by atoms with Crippen molar-refractivity contribution in [3.05, 3.63) is 35.4 Å². The molecule has 0 heterocycles. The molecule has 1 aliphatic carbocycles. The summed E-state index contributed by atoms with van der Waals surface area (Å²) in [6.07, 6.45) is 2.21. The molecule has 92 valence electrons. The summed E-state index contributed by atoms with van der Waals surface area (Å²) in [4.78, 5) is 11.6. The molecule has 1 N–H and O–H groups in total. The van der Waals surface area contributed by atoms with Crippen LogP contribution in [0.15, 0.2) is 24.3 Å². The number of rotatable bonds is 4. The van der Waals surface area contributed by atoms with Gasteiger partial charge >= 0.3 is 0 Å². The molecule has 2 nitrogen and oxygen atoms in total. The molecule has 1 aliphatic rings. The van der Waals surface area contributed by atoms with E-state index >= 15 is 0 Å². The molecule has 0 radical (unpaired) electrons. The first-order chi connectivity index (χ1) is 8.15. The average Bonchev–Trinajstić information content (AvgIpc) is 2.68. The lowest BCUT2D eigenvalue weighted by atomic mass is 10.1. The second-order valence-electron chi connectivity index (χ2n) is 4.83. The van der Waals surface area contributed by atoms with Crippen molar-refractivity contribution >= 4 is 17.7 Å². The molecule has 0 saturated carbocycles. The quantitative estimate of drug-likeness (QED) is 0.888. The summed E-state index contributed by atoms with van der Waals surface area (Å²) in [5, 5.41) is 3.50. The summed E-state index contributed by atoms with van der Waals surface area (Å²) in [7, 11) is 0. The van der Waals surface area contributed by atoms with Crippen molar-refractivity contribution < 1.29 is 4.79 Å². The van der Waals surface area contributed by atoms with Crippen LogP contribution in [0.25, 0.3) is 0 Å². The molecule has 0 bridgehead atoms. The van der Waals surface area contributed by atoms with Gasteiger partial charge in [0.15, 0.2) is 0 Å². The summed E-state index contributed by atoms with van der Waals surface area (Å²) >= 11 is 1.78. The van der Waals surface area contributed by atoms with Gasteiger partial charge in [-0.2, -0.15) is 0 Å². The number of carbonyl (C=O) groups is 1. The van der Waals surface area contributed by atoms with Gasteiger partial charge in [0, 0.05) is 11.3 Å². The number of hydrogen-bond acceptors (Lipinski definition) is 2. The standard InChI is InChI=1S/C14H19NOS/c1-10(2)15-14(16)9-17-13-7-11-5-3-4-6-12(11)8-13/h3-6,10,13H,7-9H2,1-2H3,(H,15,16). The molecule has 17 heavy (non-hydrogen) atoms. The number of thioether (sulfide) groups is 1. The maximum absolute atomic E-state index is 11.6. The third kappa shape index (κ3) is 3.50. The van der Waals surface area contributed by atoms with Crippen molar-refractivity contribution in [2.45, 2.75) is 38.0 Å². The van der Waals surface area contributed by atoms with Crippen LogP contribution < -0.4 is 5.32 Å². The Kier molecular flexibility index (Phi) is 4.11. The van der Waals surface area contributed by atoms with Crippen LogP contribution in [0.2, 0.25) is 0 Å². The van der Waals surface area contributed by atoms with E-state index in [4.69, 9.17) is 0 Å². The monoisotopic (exact) mass is 249 g/mol. The number of hydrogen-bond donors (Lipinski definition) is 1. The highest BCUT2D eigenvalue weighted by Gasteiger charge is 2.21. The highest BCUT2D eigenvalue weighted by molar-refractivity contribution is 8.00. The van der Waals surface area contributed by atoms with Crippen LogP contribution in [0.5, 0.6) is 0 Å². The first-order valence-corrected chi connectivity index (χ1v) is 7.18. The lowest BCUT2D eigenvalue weighted by molar-refractivity contribution is -0.119. The second-order valence-corrected chi connectivity index (χ2v) is 6.12. The zero-order valence-electron chi connectivity index (χ0n) is 10.4. The van der Waals surface area contributed by atoms with E-state index in [1.165, 1.54) is 11.1 Å². The SMILES string of the molecule is CC(C)NC(=O)CSC1Cc2ccccc2C1. The Morgan fingerprint density at radius 1 is 1.35 bits per heavy atom. The zero-order chi connectivity index (χ0) is 12.3. The first-order valence-electron chi connectivity index (χ1n) is 6.13. The molecule has 1 aromatic carbocycles. The molecule has 1 amide bonds. The van der Waals surface area contributed by atoms with Crippen LogP contribution >= 0.6 is 11.8 Å². The minimum absolute atomic E-state index is 0.154. The Hall–Kier alpha value is -0.960. The van der Waals surface area contributed by atoms with E-state index < -0.39 is 0 Å². The minimum Gasteiger partial charge on any atom is -0.353 e. The maximum Gasteiger partial charge on any atom is 0.230 e. The van der Waals surface area contributed by atoms with E-state index in [2.05, 4.69) is 29.6 Å². The van der Waals surface area contributed by atoms with Crippen LogP contribution in [-0.2, 0) is 17.6 Å². The van der Waals surface area contributed by atoms with Gasteiger partial charge in [0.05, 0.1) is 5.75 Å². The van der Waals surface area contributed by atoms with Crippen molar-refractivity contribution in [1.29, 1.82) is 0 Å². The van der Waals surface area contributed by atoms with Crippen LogP contribution in [0.4, 0.5) is 0 Å². The number of nitrogens with one attached hydrogen (secondary N) is 1. The molecule has 0 aromatic heterocycles. The van der Waals surface area contributed by atoms with E-state index in [9.17, 15) is 4.79 Å². The van der Waals surface area contributed by atoms with Crippen molar-refractivity contribution in [3.8, 4) is 0 Å². The number of carbonyl (C=O) groups excluding carboxylic acids is 1. The van der Waals surface area contributed by atoms with Crippen molar-refractivity contribution in [1.82, 2.24) is 5.32 Å². The third-order valence-corrected chi connectivity index (χ3v) is 4.15. The first kappa shape index (κ1) is 12.5. The van der Waals surface area contributed by atoms with Gasteiger partial charge in [0.25, 0.3) is 0 Å². The van der Waals surface area contributed by atoms with Crippen LogP contribution in [0.3, 0.4) is 0 Å². The Morgan fingerprint density at radius 2 is 1.94 bits per heavy atom. The van der Waals surface area contributed by atoms with Crippen LogP contribution in [0.1, 0.15) is 25.0 Å². The van der Waals surface area contributed by atoms with E-state index in [1.54, 1.807) is 11.8 Å². The molecule has 0 aliphatic heterocycles. The highest BCUT2D eigenvalue weighted by Crippen LogP contribution is 2.29. The Balaban J connectivity index is 1.78. The summed E-state index contributed by atoms with van der Waals surface area (Å²) in [5.74, 6) is 0.734. The van der Waals surface area contributed by atoms with Crippen molar-refractivity contribution in [3.63, 3.8) is 0 Å². The zero-order valence-corrected chi connectivity index (χ0v) is 11.2. The second kappa shape index (κ2) is 5.58. The summed E-state index contributed by atoms with van der Waals surface area (Å²) < 4.78 is 0. The number of fused-ring (bicyclic) bond motifs is 1. The van der Waals surface area contributed by atoms with Gasteiger partial charge in [-0.3, -0.25) is 4.79 Å². The van der Waals surface area contributed by atoms with Gasteiger partial charge in [-0.1, -0.05) is 24.3 Å². The predicted octanol–water partition coefficient (Wildman–Crippen LogP) is 2.41. The maximum atomic E-state index is 11.6. The Labute approximate surface area is 107 Å². The van der Waals surface area contributed by atoms with E-state index in [-0.39, 0.29) is 11.9 Å².